The molecule has 219 valence electrons. The molecule has 0 aliphatic carbocycles. The third kappa shape index (κ3) is 11.5. The Kier molecular flexibility index (Phi) is 19.8. The van der Waals surface area contributed by atoms with Gasteiger partial charge >= 0.3 is 11.3 Å². The van der Waals surface area contributed by atoms with Crippen LogP contribution >= 0.6 is 15.8 Å². The van der Waals surface area contributed by atoms with Gasteiger partial charge in [0.25, 0.3) is 0 Å². The van der Waals surface area contributed by atoms with Crippen molar-refractivity contribution in [1.29, 1.82) is 0 Å². The van der Waals surface area contributed by atoms with Crippen LogP contribution in [0.4, 0.5) is 0 Å². The molecule has 0 atom stereocenters. The second-order valence-corrected chi connectivity index (χ2v) is 13.1. The van der Waals surface area contributed by atoms with E-state index in [0.29, 0.717) is 0 Å². The van der Waals surface area contributed by atoms with Crippen molar-refractivity contribution in [3.63, 3.8) is 0 Å². The van der Waals surface area contributed by atoms with Crippen molar-refractivity contribution < 1.29 is 58.7 Å². The largest absolute Gasteiger partial charge is 0.0622 e. The molecule has 0 spiro atoms. The summed E-state index contributed by atoms with van der Waals surface area (Å²) in [5, 5.41) is 8.39. The van der Waals surface area contributed by atoms with E-state index < -0.39 is 15.8 Å². The molecular weight excluding hydrogens is 874 g/mol. The van der Waals surface area contributed by atoms with Crippen LogP contribution in [0, 0.1) is 6.65 Å². The molecule has 0 fully saturated rings. The van der Waals surface area contributed by atoms with Crippen molar-refractivity contribution in [3.05, 3.63) is 189 Å². The van der Waals surface area contributed by atoms with Gasteiger partial charge in [0.2, 0.25) is 0 Å². The molecule has 0 N–H and O–H groups in total. The Morgan fingerprint density at radius 2 is 0.395 bits per heavy atom. The number of rotatable bonds is 6. The fraction of sp³-hybridized carbons (Fsp3) is 0. The molecule has 1 nitrogen and oxygen atoms in total. The Hall–Kier alpha value is -2.47. The van der Waals surface area contributed by atoms with E-state index in [9.17, 15) is 0 Å². The number of hydrogen-bond acceptors (Lipinski definition) is 0. The van der Waals surface area contributed by atoms with E-state index in [0.717, 1.165) is 0 Å². The molecule has 6 aromatic carbocycles. The molecule has 0 heterocycles. The van der Waals surface area contributed by atoms with Gasteiger partial charge in [-0.2, -0.15) is 0 Å². The average Bonchev–Trinajstić information content (AvgIpc) is 3.06. The van der Waals surface area contributed by atoms with Crippen LogP contribution in [-0.4, -0.2) is 0 Å². The van der Waals surface area contributed by atoms with Crippen LogP contribution in [0.5, 0.6) is 0 Å². The summed E-state index contributed by atoms with van der Waals surface area (Å²) in [4.78, 5) is 0. The van der Waals surface area contributed by atoms with Gasteiger partial charge < -0.3 is 34.0 Å². The predicted molar refractivity (Wildman–Crippen MR) is 174 cm³/mol. The smallest absolute Gasteiger partial charge is 0 e. The van der Waals surface area contributed by atoms with Crippen molar-refractivity contribution in [3.8, 4) is 0 Å². The van der Waals surface area contributed by atoms with Crippen molar-refractivity contribution in [2.24, 2.45) is 0 Å². The van der Waals surface area contributed by atoms with E-state index in [-0.39, 0.29) is 54.1 Å². The van der Waals surface area contributed by atoms with Crippen LogP contribution in [0.2, 0.25) is 0 Å². The number of halogens is 2. The maximum atomic E-state index is 7.50. The summed E-state index contributed by atoms with van der Waals surface area (Å²) in [6.45, 7) is 4.50. The van der Waals surface area contributed by atoms with Gasteiger partial charge in [-0.25, -0.2) is 0 Å². The molecule has 1 radical (unpaired) electrons. The molecule has 0 saturated heterocycles. The SMILES string of the molecule is [Br-].[Br-].[C-]#[O+].[Ir].c1ccc(P(c2ccccc2)c2ccccc2)cc1.c1ccc(P(c2ccccc2)c2ccccc2)cc1. The first-order chi connectivity index (χ1) is 19.9. The zero-order valence-electron chi connectivity index (χ0n) is 23.2. The fourth-order valence-electron chi connectivity index (χ4n) is 4.36. The number of benzene rings is 6. The second kappa shape index (κ2) is 22.1. The van der Waals surface area contributed by atoms with Gasteiger partial charge in [-0.1, -0.05) is 182 Å². The summed E-state index contributed by atoms with van der Waals surface area (Å²) in [5.41, 5.74) is 0. The maximum Gasteiger partial charge on any atom is 0 e. The van der Waals surface area contributed by atoms with E-state index in [2.05, 4.69) is 189 Å². The van der Waals surface area contributed by atoms with Gasteiger partial charge in [0.15, 0.2) is 0 Å². The van der Waals surface area contributed by atoms with E-state index in [1.165, 1.54) is 31.8 Å². The molecule has 0 bridgehead atoms. The molecule has 6 aromatic rings. The second-order valence-electron chi connectivity index (χ2n) is 8.68. The first-order valence-corrected chi connectivity index (χ1v) is 15.7. The number of hydrogen-bond donors (Lipinski definition) is 0. The van der Waals surface area contributed by atoms with Gasteiger partial charge in [-0.3, -0.25) is 0 Å². The first kappa shape index (κ1) is 38.6. The van der Waals surface area contributed by atoms with Crippen LogP contribution in [0.3, 0.4) is 0 Å². The van der Waals surface area contributed by atoms with Crippen molar-refractivity contribution >= 4 is 47.7 Å². The first-order valence-electron chi connectivity index (χ1n) is 13.0. The van der Waals surface area contributed by atoms with Crippen LogP contribution in [0.1, 0.15) is 0 Å². The molecule has 43 heavy (non-hydrogen) atoms. The van der Waals surface area contributed by atoms with Gasteiger partial charge in [-0.05, 0) is 47.7 Å². The summed E-state index contributed by atoms with van der Waals surface area (Å²) in [6.07, 6.45) is 0. The van der Waals surface area contributed by atoms with E-state index in [4.69, 9.17) is 4.65 Å². The Balaban J connectivity index is 0.000000381. The zero-order valence-corrected chi connectivity index (χ0v) is 30.6. The Labute approximate surface area is 292 Å². The minimum Gasteiger partial charge on any atom is -0.0622 e. The summed E-state index contributed by atoms with van der Waals surface area (Å²) in [5.74, 6) is 0. The molecule has 0 amide bonds. The van der Waals surface area contributed by atoms with Crippen molar-refractivity contribution in [2.75, 3.05) is 0 Å². The quantitative estimate of drug-likeness (QED) is 0.135. The molecule has 6 heteroatoms. The van der Waals surface area contributed by atoms with E-state index in [1.54, 1.807) is 0 Å². The molecule has 6 rings (SSSR count). The van der Waals surface area contributed by atoms with Crippen molar-refractivity contribution in [2.45, 2.75) is 0 Å². The maximum absolute atomic E-state index is 7.50. The summed E-state index contributed by atoms with van der Waals surface area (Å²) < 4.78 is 7.50. The van der Waals surface area contributed by atoms with Gasteiger partial charge in [-0.15, -0.1) is 0 Å². The molecule has 0 aliphatic heterocycles. The topological polar surface area (TPSA) is 19.9 Å². The molecule has 0 aromatic heterocycles. The molecular formula is C37H30Br2IrOP2-2. The zero-order chi connectivity index (χ0) is 27.8. The normalized spacial score (nSPS) is 9.40. The minimum atomic E-state index is -0.446. The van der Waals surface area contributed by atoms with E-state index in [1.807, 2.05) is 0 Å². The molecule has 0 saturated carbocycles. The Bertz CT molecular complexity index is 1240. The fourth-order valence-corrected chi connectivity index (χ4v) is 8.97. The summed E-state index contributed by atoms with van der Waals surface area (Å²) in [6, 6.07) is 64.7. The minimum absolute atomic E-state index is 0. The van der Waals surface area contributed by atoms with Crippen LogP contribution in [0.15, 0.2) is 182 Å². The van der Waals surface area contributed by atoms with Crippen molar-refractivity contribution in [1.82, 2.24) is 0 Å². The third-order valence-corrected chi connectivity index (χ3v) is 11.0. The predicted octanol–water partition coefficient (Wildman–Crippen LogP) is 0.858. The summed E-state index contributed by atoms with van der Waals surface area (Å²) >= 11 is 0. The standard InChI is InChI=1S/2C18H15P.CO.2BrH.Ir/c2*1-4-10-16(11-5-1)19(17-12-6-2-7-13-17)18-14-8-3-9-15-18;1-2;;;/h2*1-15H;;2*1H;/p-2. The van der Waals surface area contributed by atoms with Gasteiger partial charge in [0.05, 0.1) is 0 Å². The summed E-state index contributed by atoms with van der Waals surface area (Å²) in [7, 11) is -0.892. The van der Waals surface area contributed by atoms with Crippen LogP contribution in [-0.2, 0) is 24.8 Å². The third-order valence-electron chi connectivity index (χ3n) is 6.09. The molecule has 0 aliphatic rings. The van der Waals surface area contributed by atoms with Gasteiger partial charge in [0.1, 0.15) is 0 Å². The van der Waals surface area contributed by atoms with E-state index >= 15 is 0 Å². The Morgan fingerprint density at radius 3 is 0.512 bits per heavy atom. The monoisotopic (exact) mass is 903 g/mol. The molecule has 0 unspecified atom stereocenters. The van der Waals surface area contributed by atoms with Crippen LogP contribution < -0.4 is 65.8 Å². The average molecular weight is 905 g/mol. The Morgan fingerprint density at radius 1 is 0.279 bits per heavy atom. The van der Waals surface area contributed by atoms with Gasteiger partial charge in [0, 0.05) is 20.1 Å². The van der Waals surface area contributed by atoms with Crippen LogP contribution in [0.25, 0.3) is 0 Å².